The first-order valence-corrected chi connectivity index (χ1v) is 13.1. The van der Waals surface area contributed by atoms with Gasteiger partial charge in [0.25, 0.3) is 5.91 Å². The van der Waals surface area contributed by atoms with Crippen molar-refractivity contribution in [3.63, 3.8) is 0 Å². The summed E-state index contributed by atoms with van der Waals surface area (Å²) in [5.74, 6) is -4.14. The van der Waals surface area contributed by atoms with Crippen LogP contribution in [-0.4, -0.2) is 45.7 Å². The molecule has 1 aromatic carbocycles. The van der Waals surface area contributed by atoms with E-state index in [1.54, 1.807) is 30.7 Å². The number of nitrogens with zero attached hydrogens (tertiary/aromatic N) is 2. The van der Waals surface area contributed by atoms with Gasteiger partial charge in [0.15, 0.2) is 5.67 Å². The molecule has 0 unspecified atom stereocenters. The molecule has 4 heterocycles. The molecule has 0 saturated carbocycles. The molecule has 40 heavy (non-hydrogen) atoms. The second-order valence-corrected chi connectivity index (χ2v) is 10.3. The number of benzene rings is 1. The van der Waals surface area contributed by atoms with E-state index in [0.717, 1.165) is 55.9 Å². The van der Waals surface area contributed by atoms with E-state index in [-0.39, 0.29) is 29.6 Å². The van der Waals surface area contributed by atoms with Crippen LogP contribution in [-0.2, 0) is 12.5 Å². The van der Waals surface area contributed by atoms with E-state index in [0.29, 0.717) is 12.4 Å². The van der Waals surface area contributed by atoms with Gasteiger partial charge in [-0.2, -0.15) is 8.78 Å². The molecule has 1 atom stereocenters. The molecule has 5 rings (SSSR count). The van der Waals surface area contributed by atoms with Gasteiger partial charge in [-0.05, 0) is 75.2 Å². The topological polar surface area (TPSA) is 104 Å². The van der Waals surface area contributed by atoms with Crippen LogP contribution < -0.4 is 20.7 Å². The summed E-state index contributed by atoms with van der Waals surface area (Å²) in [6, 6.07) is 10.8. The van der Waals surface area contributed by atoms with Gasteiger partial charge in [0.05, 0.1) is 11.1 Å². The molecule has 0 aliphatic carbocycles. The predicted molar refractivity (Wildman–Crippen MR) is 148 cm³/mol. The van der Waals surface area contributed by atoms with E-state index in [4.69, 9.17) is 4.74 Å². The molecule has 4 aromatic rings. The first-order valence-electron chi connectivity index (χ1n) is 13.1. The van der Waals surface area contributed by atoms with E-state index >= 15 is 8.78 Å². The first kappa shape index (κ1) is 27.4. The van der Waals surface area contributed by atoms with Crippen molar-refractivity contribution in [2.75, 3.05) is 23.8 Å². The van der Waals surface area contributed by atoms with Gasteiger partial charge in [0.1, 0.15) is 23.8 Å². The molecular formula is C29H31F3N6O2. The average molecular weight is 553 g/mol. The van der Waals surface area contributed by atoms with Gasteiger partial charge in [0, 0.05) is 48.3 Å². The Kier molecular flexibility index (Phi) is 7.66. The summed E-state index contributed by atoms with van der Waals surface area (Å²) in [6.07, 6.45) is 6.88. The smallest absolute Gasteiger partial charge is 0.309 e. The van der Waals surface area contributed by atoms with Crippen molar-refractivity contribution < 1.29 is 22.7 Å². The van der Waals surface area contributed by atoms with Gasteiger partial charge in [-0.3, -0.25) is 4.79 Å². The largest absolute Gasteiger partial charge is 0.491 e. The Hall–Kier alpha value is -4.12. The molecule has 11 heteroatoms. The number of amides is 1. The number of carbonyl (C=O) groups is 1. The standard InChI is InChI=1S/C29H31F3N6O2/c1-28(2,30)29(31,32)23-8-7-19(15-24(23)40-17-20-5-3-11-33-20)38-27(39)22-6-4-12-34-26(22)37-16-18-9-13-35-25-21(18)10-14-36-25/h4,6-10,12-15,20,33H,3,5,11,16-17H2,1-2H3,(H,34,37)(H,35,36)(H,38,39)/t20-/m0/s1. The van der Waals surface area contributed by atoms with Gasteiger partial charge in [-0.25, -0.2) is 14.4 Å². The van der Waals surface area contributed by atoms with E-state index in [1.165, 1.54) is 12.1 Å². The third-order valence-electron chi connectivity index (χ3n) is 6.98. The summed E-state index contributed by atoms with van der Waals surface area (Å²) in [5.41, 5.74) is -1.18. The normalized spacial score (nSPS) is 15.8. The molecule has 0 bridgehead atoms. The van der Waals surface area contributed by atoms with Crippen LogP contribution in [0.15, 0.2) is 61.1 Å². The number of pyridine rings is 2. The SMILES string of the molecule is CC(C)(F)C(F)(F)c1ccc(NC(=O)c2cccnc2NCc2ccnc3[nH]ccc23)cc1OC[C@@H]1CCCN1. The van der Waals surface area contributed by atoms with E-state index in [2.05, 4.69) is 30.9 Å². The number of aromatic nitrogens is 3. The fourth-order valence-corrected chi connectivity index (χ4v) is 4.67. The molecule has 8 nitrogen and oxygen atoms in total. The van der Waals surface area contributed by atoms with E-state index < -0.39 is 23.1 Å². The molecule has 1 aliphatic rings. The molecule has 0 spiro atoms. The monoisotopic (exact) mass is 552 g/mol. The van der Waals surface area contributed by atoms with E-state index in [1.807, 2.05) is 12.1 Å². The van der Waals surface area contributed by atoms with Crippen molar-refractivity contribution in [2.24, 2.45) is 0 Å². The minimum atomic E-state index is -3.81. The van der Waals surface area contributed by atoms with Crippen LogP contribution in [0.2, 0.25) is 0 Å². The summed E-state index contributed by atoms with van der Waals surface area (Å²) in [5, 5.41) is 10.1. The zero-order valence-electron chi connectivity index (χ0n) is 22.2. The molecule has 0 radical (unpaired) electrons. The second-order valence-electron chi connectivity index (χ2n) is 10.3. The van der Waals surface area contributed by atoms with Crippen LogP contribution in [0.5, 0.6) is 5.75 Å². The van der Waals surface area contributed by atoms with Gasteiger partial charge >= 0.3 is 5.92 Å². The molecule has 1 saturated heterocycles. The van der Waals surface area contributed by atoms with E-state index in [9.17, 15) is 9.18 Å². The van der Waals surface area contributed by atoms with Crippen molar-refractivity contribution in [1.82, 2.24) is 20.3 Å². The molecule has 4 N–H and O–H groups in total. The maximum absolute atomic E-state index is 15.1. The van der Waals surface area contributed by atoms with Crippen molar-refractivity contribution >= 4 is 28.4 Å². The Labute approximate surface area is 229 Å². The molecule has 3 aromatic heterocycles. The Morgan fingerprint density at radius 1 is 1.12 bits per heavy atom. The number of alkyl halides is 3. The number of carbonyl (C=O) groups excluding carboxylic acids is 1. The second kappa shape index (κ2) is 11.2. The van der Waals surface area contributed by atoms with Crippen LogP contribution in [0.1, 0.15) is 48.2 Å². The fraction of sp³-hybridized carbons (Fsp3) is 0.345. The first-order chi connectivity index (χ1) is 19.1. The maximum Gasteiger partial charge on any atom is 0.309 e. The number of rotatable bonds is 10. The highest BCUT2D eigenvalue weighted by molar-refractivity contribution is 6.07. The zero-order valence-corrected chi connectivity index (χ0v) is 22.2. The maximum atomic E-state index is 15.1. The Bertz CT molecular complexity index is 1490. The number of hydrogen-bond acceptors (Lipinski definition) is 6. The molecule has 1 amide bonds. The highest BCUT2D eigenvalue weighted by atomic mass is 19.3. The lowest BCUT2D eigenvalue weighted by molar-refractivity contribution is -0.128. The van der Waals surface area contributed by atoms with Gasteiger partial charge < -0.3 is 25.7 Å². The summed E-state index contributed by atoms with van der Waals surface area (Å²) < 4.78 is 50.4. The average Bonchev–Trinajstić information content (AvgIpc) is 3.63. The van der Waals surface area contributed by atoms with Crippen LogP contribution >= 0.6 is 0 Å². The van der Waals surface area contributed by atoms with Gasteiger partial charge in [0.2, 0.25) is 0 Å². The third-order valence-corrected chi connectivity index (χ3v) is 6.98. The summed E-state index contributed by atoms with van der Waals surface area (Å²) >= 11 is 0. The highest BCUT2D eigenvalue weighted by Gasteiger charge is 2.50. The van der Waals surface area contributed by atoms with Crippen LogP contribution in [0.3, 0.4) is 0 Å². The van der Waals surface area contributed by atoms with Crippen molar-refractivity contribution in [2.45, 2.75) is 50.9 Å². The number of halogens is 3. The van der Waals surface area contributed by atoms with Crippen molar-refractivity contribution in [3.05, 3.63) is 77.7 Å². The lowest BCUT2D eigenvalue weighted by Crippen LogP contribution is -2.37. The van der Waals surface area contributed by atoms with Crippen LogP contribution in [0, 0.1) is 0 Å². The van der Waals surface area contributed by atoms with Gasteiger partial charge in [-0.15, -0.1) is 0 Å². The molecule has 210 valence electrons. The lowest BCUT2D eigenvalue weighted by Gasteiger charge is -2.29. The number of nitrogens with one attached hydrogen (secondary N) is 4. The lowest BCUT2D eigenvalue weighted by atomic mass is 9.94. The minimum absolute atomic E-state index is 0.00929. The van der Waals surface area contributed by atoms with Gasteiger partial charge in [-0.1, -0.05) is 0 Å². The van der Waals surface area contributed by atoms with Crippen molar-refractivity contribution in [3.8, 4) is 5.75 Å². The summed E-state index contributed by atoms with van der Waals surface area (Å²) in [4.78, 5) is 24.9. The Balaban J connectivity index is 1.36. The fourth-order valence-electron chi connectivity index (χ4n) is 4.67. The zero-order chi connectivity index (χ0) is 28.3. The number of aromatic amines is 1. The summed E-state index contributed by atoms with van der Waals surface area (Å²) in [6.45, 7) is 3.02. The number of hydrogen-bond donors (Lipinski definition) is 4. The third kappa shape index (κ3) is 5.74. The Morgan fingerprint density at radius 2 is 1.98 bits per heavy atom. The van der Waals surface area contributed by atoms with Crippen LogP contribution in [0.25, 0.3) is 11.0 Å². The molecular weight excluding hydrogens is 521 g/mol. The quantitative estimate of drug-likeness (QED) is 0.199. The van der Waals surface area contributed by atoms with Crippen LogP contribution in [0.4, 0.5) is 24.7 Å². The molecule has 1 fully saturated rings. The number of anilines is 2. The molecule has 1 aliphatic heterocycles. The minimum Gasteiger partial charge on any atom is -0.491 e. The highest BCUT2D eigenvalue weighted by Crippen LogP contribution is 2.45. The number of ether oxygens (including phenoxy) is 1. The van der Waals surface area contributed by atoms with Crippen molar-refractivity contribution in [1.29, 1.82) is 0 Å². The Morgan fingerprint density at radius 3 is 2.75 bits per heavy atom. The predicted octanol–water partition coefficient (Wildman–Crippen LogP) is 5.79. The number of H-pyrrole nitrogens is 1. The number of fused-ring (bicyclic) bond motifs is 1. The summed E-state index contributed by atoms with van der Waals surface area (Å²) in [7, 11) is 0.